The van der Waals surface area contributed by atoms with Crippen LogP contribution in [-0.2, 0) is 0 Å². The van der Waals surface area contributed by atoms with Crippen LogP contribution in [0, 0.1) is 27.7 Å². The minimum absolute atomic E-state index is 0.579. The number of rotatable bonds is 3. The van der Waals surface area contributed by atoms with E-state index in [0.717, 1.165) is 66.4 Å². The monoisotopic (exact) mass is 377 g/mol. The first kappa shape index (κ1) is 17.4. The molecule has 3 aromatic heterocycles. The molecule has 2 aliphatic rings. The molecule has 2 fully saturated rings. The van der Waals surface area contributed by atoms with E-state index in [1.54, 1.807) is 0 Å². The van der Waals surface area contributed by atoms with Crippen LogP contribution in [0.25, 0.3) is 5.65 Å². The second-order valence-electron chi connectivity index (χ2n) is 8.18. The molecule has 0 spiro atoms. The summed E-state index contributed by atoms with van der Waals surface area (Å²) in [5.74, 6) is 3.87. The van der Waals surface area contributed by atoms with E-state index in [0.29, 0.717) is 5.92 Å². The van der Waals surface area contributed by atoms with Gasteiger partial charge in [0, 0.05) is 61.2 Å². The number of nitrogens with zero attached hydrogens (tertiary/aromatic N) is 7. The number of aryl methyl sites for hydroxylation is 3. The Kier molecular flexibility index (Phi) is 4.00. The first-order chi connectivity index (χ1) is 13.5. The van der Waals surface area contributed by atoms with Gasteiger partial charge in [-0.15, -0.1) is 0 Å². The molecule has 0 radical (unpaired) electrons. The summed E-state index contributed by atoms with van der Waals surface area (Å²) in [7, 11) is 0. The number of aromatic nitrogens is 5. The van der Waals surface area contributed by atoms with Crippen LogP contribution >= 0.6 is 0 Å². The van der Waals surface area contributed by atoms with Gasteiger partial charge in [0.15, 0.2) is 5.65 Å². The molecule has 5 rings (SSSR count). The van der Waals surface area contributed by atoms with E-state index in [2.05, 4.69) is 46.7 Å². The van der Waals surface area contributed by atoms with Crippen molar-refractivity contribution >= 4 is 17.3 Å². The molecule has 28 heavy (non-hydrogen) atoms. The zero-order chi connectivity index (χ0) is 19.4. The number of hydrogen-bond donors (Lipinski definition) is 0. The Labute approximate surface area is 165 Å². The Morgan fingerprint density at radius 2 is 1.54 bits per heavy atom. The maximum absolute atomic E-state index is 4.95. The van der Waals surface area contributed by atoms with Crippen LogP contribution in [0.1, 0.15) is 47.2 Å². The molecule has 7 nitrogen and oxygen atoms in total. The van der Waals surface area contributed by atoms with E-state index in [4.69, 9.17) is 9.97 Å². The van der Waals surface area contributed by atoms with Gasteiger partial charge in [-0.25, -0.2) is 15.0 Å². The average molecular weight is 377 g/mol. The van der Waals surface area contributed by atoms with Gasteiger partial charge in [0.25, 0.3) is 0 Å². The molecular weight excluding hydrogens is 350 g/mol. The van der Waals surface area contributed by atoms with E-state index >= 15 is 0 Å². The summed E-state index contributed by atoms with van der Waals surface area (Å²) in [5, 5.41) is 4.65. The fourth-order valence-electron chi connectivity index (χ4n) is 4.03. The molecule has 1 aliphatic carbocycles. The van der Waals surface area contributed by atoms with Gasteiger partial charge in [0.05, 0.1) is 5.69 Å². The highest BCUT2D eigenvalue weighted by atomic mass is 15.4. The van der Waals surface area contributed by atoms with Crippen molar-refractivity contribution in [3.05, 3.63) is 40.6 Å². The van der Waals surface area contributed by atoms with E-state index in [1.807, 2.05) is 17.5 Å². The predicted octanol–water partition coefficient (Wildman–Crippen LogP) is 2.96. The summed E-state index contributed by atoms with van der Waals surface area (Å²) in [4.78, 5) is 19.1. The summed E-state index contributed by atoms with van der Waals surface area (Å²) >= 11 is 0. The van der Waals surface area contributed by atoms with Crippen molar-refractivity contribution in [3.8, 4) is 0 Å². The predicted molar refractivity (Wildman–Crippen MR) is 110 cm³/mol. The molecule has 7 heteroatoms. The molecule has 1 aliphatic heterocycles. The molecule has 0 atom stereocenters. The van der Waals surface area contributed by atoms with Gasteiger partial charge in [-0.05, 0) is 40.5 Å². The lowest BCUT2D eigenvalue weighted by Gasteiger charge is -2.37. The van der Waals surface area contributed by atoms with Gasteiger partial charge >= 0.3 is 0 Å². The molecule has 1 saturated heterocycles. The minimum Gasteiger partial charge on any atom is -0.353 e. The Hall–Kier alpha value is -2.70. The quantitative estimate of drug-likeness (QED) is 0.699. The molecular formula is C21H27N7. The minimum atomic E-state index is 0.579. The molecule has 3 aromatic rings. The zero-order valence-electron chi connectivity index (χ0n) is 17.1. The molecule has 0 amide bonds. The number of fused-ring (bicyclic) bond motifs is 1. The Morgan fingerprint density at radius 1 is 0.821 bits per heavy atom. The van der Waals surface area contributed by atoms with Crippen LogP contribution < -0.4 is 9.80 Å². The fraction of sp³-hybridized carbons (Fsp3) is 0.524. The van der Waals surface area contributed by atoms with E-state index < -0.39 is 0 Å². The van der Waals surface area contributed by atoms with Gasteiger partial charge in [-0.2, -0.15) is 9.61 Å². The van der Waals surface area contributed by atoms with Crippen molar-refractivity contribution in [3.63, 3.8) is 0 Å². The van der Waals surface area contributed by atoms with Gasteiger partial charge in [0.2, 0.25) is 0 Å². The van der Waals surface area contributed by atoms with Crippen LogP contribution in [0.4, 0.5) is 11.6 Å². The number of hydrogen-bond acceptors (Lipinski definition) is 6. The highest BCUT2D eigenvalue weighted by Gasteiger charge is 2.29. The van der Waals surface area contributed by atoms with Gasteiger partial charge in [-0.1, -0.05) is 0 Å². The Balaban J connectivity index is 1.40. The first-order valence-electron chi connectivity index (χ1n) is 10.2. The van der Waals surface area contributed by atoms with Gasteiger partial charge in [0.1, 0.15) is 17.5 Å². The summed E-state index contributed by atoms with van der Waals surface area (Å²) in [6, 6.07) is 4.18. The lowest BCUT2D eigenvalue weighted by atomic mass is 10.2. The number of piperazine rings is 1. The van der Waals surface area contributed by atoms with Crippen LogP contribution in [0.5, 0.6) is 0 Å². The standard InChI is InChI=1S/C21H27N7/c1-13-12-19(28-18(22-13)11-14(2)25-28)26-7-9-27(10-8-26)21-15(3)16(4)23-20(24-21)17-5-6-17/h11-12,17H,5-10H2,1-4H3. The van der Waals surface area contributed by atoms with Crippen LogP contribution in [0.3, 0.4) is 0 Å². The van der Waals surface area contributed by atoms with Gasteiger partial charge < -0.3 is 9.80 Å². The first-order valence-corrected chi connectivity index (χ1v) is 10.2. The maximum Gasteiger partial charge on any atom is 0.157 e. The fourth-order valence-corrected chi connectivity index (χ4v) is 4.03. The third kappa shape index (κ3) is 2.99. The molecule has 0 unspecified atom stereocenters. The lowest BCUT2D eigenvalue weighted by Crippen LogP contribution is -2.47. The van der Waals surface area contributed by atoms with Crippen LogP contribution in [0.15, 0.2) is 12.1 Å². The highest BCUT2D eigenvalue weighted by Crippen LogP contribution is 2.39. The largest absolute Gasteiger partial charge is 0.353 e. The molecule has 0 bridgehead atoms. The third-order valence-electron chi connectivity index (χ3n) is 5.89. The topological polar surface area (TPSA) is 62.5 Å². The van der Waals surface area contributed by atoms with Crippen LogP contribution in [0.2, 0.25) is 0 Å². The van der Waals surface area contributed by atoms with Gasteiger partial charge in [-0.3, -0.25) is 0 Å². The Bertz CT molecular complexity index is 1040. The average Bonchev–Trinajstić information content (AvgIpc) is 3.45. The third-order valence-corrected chi connectivity index (χ3v) is 5.89. The van der Waals surface area contributed by atoms with Crippen molar-refractivity contribution in [1.29, 1.82) is 0 Å². The highest BCUT2D eigenvalue weighted by molar-refractivity contribution is 5.54. The molecule has 4 heterocycles. The summed E-state index contributed by atoms with van der Waals surface area (Å²) in [6.07, 6.45) is 2.47. The van der Waals surface area contributed by atoms with Crippen molar-refractivity contribution in [2.24, 2.45) is 0 Å². The Morgan fingerprint density at radius 3 is 2.25 bits per heavy atom. The second kappa shape index (κ2) is 6.43. The zero-order valence-corrected chi connectivity index (χ0v) is 17.1. The maximum atomic E-state index is 4.95. The summed E-state index contributed by atoms with van der Waals surface area (Å²) in [5.41, 5.74) is 5.28. The second-order valence-corrected chi connectivity index (χ2v) is 8.18. The number of anilines is 2. The van der Waals surface area contributed by atoms with E-state index in [1.165, 1.54) is 18.4 Å². The van der Waals surface area contributed by atoms with E-state index in [-0.39, 0.29) is 0 Å². The van der Waals surface area contributed by atoms with Crippen molar-refractivity contribution in [2.75, 3.05) is 36.0 Å². The van der Waals surface area contributed by atoms with E-state index in [9.17, 15) is 0 Å². The van der Waals surface area contributed by atoms with Crippen LogP contribution in [-0.4, -0.2) is 50.7 Å². The van der Waals surface area contributed by atoms with Crippen molar-refractivity contribution < 1.29 is 0 Å². The molecule has 0 N–H and O–H groups in total. The molecule has 146 valence electrons. The smallest absolute Gasteiger partial charge is 0.157 e. The SMILES string of the molecule is Cc1cc(N2CCN(c3nc(C4CC4)nc(C)c3C)CC2)n2nc(C)cc2n1. The summed E-state index contributed by atoms with van der Waals surface area (Å²) in [6.45, 7) is 12.1. The normalized spacial score (nSPS) is 17.6. The van der Waals surface area contributed by atoms with Crippen molar-refractivity contribution in [2.45, 2.75) is 46.5 Å². The summed E-state index contributed by atoms with van der Waals surface area (Å²) < 4.78 is 1.98. The molecule has 0 aromatic carbocycles. The van der Waals surface area contributed by atoms with Crippen molar-refractivity contribution in [1.82, 2.24) is 24.6 Å². The molecule has 1 saturated carbocycles. The lowest BCUT2D eigenvalue weighted by molar-refractivity contribution is 0.628.